The predicted molar refractivity (Wildman–Crippen MR) is 83.8 cm³/mol. The Labute approximate surface area is 126 Å². The van der Waals surface area contributed by atoms with Gasteiger partial charge in [-0.15, -0.1) is 0 Å². The molecular weight excluding hydrogens is 264 g/mol. The minimum absolute atomic E-state index is 0.0679. The van der Waals surface area contributed by atoms with Crippen molar-refractivity contribution in [3.05, 3.63) is 48.5 Å². The highest BCUT2D eigenvalue weighted by Crippen LogP contribution is 2.24. The van der Waals surface area contributed by atoms with Gasteiger partial charge in [-0.2, -0.15) is 0 Å². The number of nitrogens with zero attached hydrogens (tertiary/aromatic N) is 1. The van der Waals surface area contributed by atoms with Gasteiger partial charge in [-0.25, -0.2) is 0 Å². The predicted octanol–water partition coefficient (Wildman–Crippen LogP) is 3.06. The highest BCUT2D eigenvalue weighted by atomic mass is 16.3. The number of amides is 1. The molecule has 1 saturated heterocycles. The third-order valence-electron chi connectivity index (χ3n) is 3.72. The van der Waals surface area contributed by atoms with Crippen molar-refractivity contribution in [1.82, 2.24) is 10.2 Å². The lowest BCUT2D eigenvalue weighted by molar-refractivity contribution is -0.116. The van der Waals surface area contributed by atoms with Gasteiger partial charge in [0.2, 0.25) is 5.91 Å². The Morgan fingerprint density at radius 1 is 1.38 bits per heavy atom. The van der Waals surface area contributed by atoms with Crippen molar-refractivity contribution in [2.75, 3.05) is 19.6 Å². The molecule has 1 aliphatic rings. The number of carbonyl (C=O) groups excluding carboxylic acids is 1. The second kappa shape index (κ2) is 8.47. The third-order valence-corrected chi connectivity index (χ3v) is 3.72. The average Bonchev–Trinajstić information content (AvgIpc) is 3.03. The summed E-state index contributed by atoms with van der Waals surface area (Å²) >= 11 is 0. The zero-order valence-corrected chi connectivity index (χ0v) is 12.6. The second-order valence-corrected chi connectivity index (χ2v) is 5.26. The zero-order valence-electron chi connectivity index (χ0n) is 12.6. The number of likely N-dealkylation sites (tertiary alicyclic amines) is 1. The van der Waals surface area contributed by atoms with Gasteiger partial charge in [0.05, 0.1) is 12.3 Å². The fourth-order valence-corrected chi connectivity index (χ4v) is 2.63. The first-order chi connectivity index (χ1) is 10.3. The number of piperidine rings is 1. The first-order valence-corrected chi connectivity index (χ1v) is 7.66. The summed E-state index contributed by atoms with van der Waals surface area (Å²) in [6, 6.07) is 4.01. The highest BCUT2D eigenvalue weighted by molar-refractivity contribution is 5.87. The van der Waals surface area contributed by atoms with Crippen LogP contribution in [0.25, 0.3) is 0 Å². The van der Waals surface area contributed by atoms with Gasteiger partial charge in [-0.3, -0.25) is 9.69 Å². The van der Waals surface area contributed by atoms with Crippen molar-refractivity contribution in [3.63, 3.8) is 0 Å². The van der Waals surface area contributed by atoms with Crippen molar-refractivity contribution in [2.24, 2.45) is 0 Å². The molecule has 114 valence electrons. The summed E-state index contributed by atoms with van der Waals surface area (Å²) in [7, 11) is 0. The molecule has 0 saturated carbocycles. The molecule has 1 N–H and O–H groups in total. The number of furan rings is 1. The van der Waals surface area contributed by atoms with Crippen LogP contribution in [0, 0.1) is 0 Å². The quantitative estimate of drug-likeness (QED) is 0.646. The Bertz CT molecular complexity index is 471. The molecule has 1 amide bonds. The molecule has 1 aromatic heterocycles. The van der Waals surface area contributed by atoms with Crippen LogP contribution in [0.2, 0.25) is 0 Å². The van der Waals surface area contributed by atoms with Crippen LogP contribution in [0.1, 0.15) is 38.0 Å². The molecule has 0 spiro atoms. The van der Waals surface area contributed by atoms with E-state index in [1.54, 1.807) is 18.4 Å². The SMILES string of the molecule is CC=CC=CC(=O)NCC(c1ccco1)N1CCCCC1. The third kappa shape index (κ3) is 4.90. The standard InChI is InChI=1S/C17H24N2O2/c1-2-3-5-10-17(20)18-14-15(16-9-8-13-21-16)19-11-6-4-7-12-19/h2-3,5,8-10,13,15H,4,6-7,11-12,14H2,1H3,(H,18,20). The van der Waals surface area contributed by atoms with Crippen molar-refractivity contribution in [3.8, 4) is 0 Å². The first kappa shape index (κ1) is 15.6. The largest absolute Gasteiger partial charge is 0.468 e. The van der Waals surface area contributed by atoms with Gasteiger partial charge < -0.3 is 9.73 Å². The van der Waals surface area contributed by atoms with Crippen molar-refractivity contribution in [1.29, 1.82) is 0 Å². The summed E-state index contributed by atoms with van der Waals surface area (Å²) < 4.78 is 5.56. The normalized spacial score (nSPS) is 18.3. The summed E-state index contributed by atoms with van der Waals surface area (Å²) in [5, 5.41) is 2.97. The Morgan fingerprint density at radius 2 is 2.19 bits per heavy atom. The summed E-state index contributed by atoms with van der Waals surface area (Å²) in [4.78, 5) is 14.2. The van der Waals surface area contributed by atoms with Crippen LogP contribution in [0.15, 0.2) is 47.1 Å². The lowest BCUT2D eigenvalue weighted by atomic mass is 10.1. The van der Waals surface area contributed by atoms with E-state index in [4.69, 9.17) is 4.42 Å². The van der Waals surface area contributed by atoms with E-state index in [0.29, 0.717) is 6.54 Å². The van der Waals surface area contributed by atoms with E-state index < -0.39 is 0 Å². The number of nitrogens with one attached hydrogen (secondary N) is 1. The molecule has 4 nitrogen and oxygen atoms in total. The lowest BCUT2D eigenvalue weighted by Crippen LogP contribution is -2.40. The maximum Gasteiger partial charge on any atom is 0.244 e. The van der Waals surface area contributed by atoms with Crippen molar-refractivity contribution < 1.29 is 9.21 Å². The van der Waals surface area contributed by atoms with Gasteiger partial charge in [0, 0.05) is 12.6 Å². The van der Waals surface area contributed by atoms with Crippen LogP contribution >= 0.6 is 0 Å². The summed E-state index contributed by atoms with van der Waals surface area (Å²) in [5.74, 6) is 0.858. The van der Waals surface area contributed by atoms with E-state index in [1.165, 1.54) is 19.3 Å². The highest BCUT2D eigenvalue weighted by Gasteiger charge is 2.24. The second-order valence-electron chi connectivity index (χ2n) is 5.26. The van der Waals surface area contributed by atoms with Crippen molar-refractivity contribution >= 4 is 5.91 Å². The van der Waals surface area contributed by atoms with Gasteiger partial charge in [0.1, 0.15) is 5.76 Å². The monoisotopic (exact) mass is 288 g/mol. The average molecular weight is 288 g/mol. The molecular formula is C17H24N2O2. The smallest absolute Gasteiger partial charge is 0.244 e. The molecule has 0 aliphatic carbocycles. The van der Waals surface area contributed by atoms with Gasteiger partial charge in [0.25, 0.3) is 0 Å². The van der Waals surface area contributed by atoms with E-state index in [0.717, 1.165) is 18.8 Å². The minimum atomic E-state index is -0.0679. The summed E-state index contributed by atoms with van der Waals surface area (Å²) in [5.41, 5.74) is 0. The lowest BCUT2D eigenvalue weighted by Gasteiger charge is -2.33. The molecule has 0 radical (unpaired) electrons. The summed E-state index contributed by atoms with van der Waals surface area (Å²) in [6.07, 6.45) is 12.4. The van der Waals surface area contributed by atoms with Gasteiger partial charge in [0.15, 0.2) is 0 Å². The van der Waals surface area contributed by atoms with Gasteiger partial charge in [-0.05, 0) is 45.0 Å². The summed E-state index contributed by atoms with van der Waals surface area (Å²) in [6.45, 7) is 4.63. The van der Waals surface area contributed by atoms with E-state index in [2.05, 4.69) is 10.2 Å². The number of rotatable bonds is 6. The fraction of sp³-hybridized carbons (Fsp3) is 0.471. The fourth-order valence-electron chi connectivity index (χ4n) is 2.63. The molecule has 0 bridgehead atoms. The molecule has 1 atom stereocenters. The van der Waals surface area contributed by atoms with E-state index in [-0.39, 0.29) is 11.9 Å². The molecule has 4 heteroatoms. The number of hydrogen-bond donors (Lipinski definition) is 1. The van der Waals surface area contributed by atoms with Crippen LogP contribution in [0.3, 0.4) is 0 Å². The van der Waals surface area contributed by atoms with Crippen molar-refractivity contribution in [2.45, 2.75) is 32.2 Å². The minimum Gasteiger partial charge on any atom is -0.468 e. The topological polar surface area (TPSA) is 45.5 Å². The molecule has 0 aromatic carbocycles. The van der Waals surface area contributed by atoms with Crippen LogP contribution in [-0.2, 0) is 4.79 Å². The number of carbonyl (C=O) groups is 1. The van der Waals surface area contributed by atoms with Crippen LogP contribution < -0.4 is 5.32 Å². The van der Waals surface area contributed by atoms with E-state index >= 15 is 0 Å². The van der Waals surface area contributed by atoms with E-state index in [9.17, 15) is 4.79 Å². The Morgan fingerprint density at radius 3 is 2.86 bits per heavy atom. The molecule has 1 aromatic rings. The molecule has 21 heavy (non-hydrogen) atoms. The Hall–Kier alpha value is -1.81. The number of hydrogen-bond acceptors (Lipinski definition) is 3. The molecule has 1 aliphatic heterocycles. The van der Waals surface area contributed by atoms with Crippen LogP contribution in [-0.4, -0.2) is 30.4 Å². The molecule has 2 rings (SSSR count). The zero-order chi connectivity index (χ0) is 14.9. The van der Waals surface area contributed by atoms with Crippen LogP contribution in [0.4, 0.5) is 0 Å². The Kier molecular flexibility index (Phi) is 6.28. The van der Waals surface area contributed by atoms with Crippen LogP contribution in [0.5, 0.6) is 0 Å². The first-order valence-electron chi connectivity index (χ1n) is 7.66. The van der Waals surface area contributed by atoms with E-state index in [1.807, 2.05) is 31.2 Å². The maximum atomic E-state index is 11.8. The van der Waals surface area contributed by atoms with Gasteiger partial charge in [-0.1, -0.05) is 24.6 Å². The number of allylic oxidation sites excluding steroid dienone is 3. The molecule has 2 heterocycles. The van der Waals surface area contributed by atoms with Gasteiger partial charge >= 0.3 is 0 Å². The molecule has 1 unspecified atom stereocenters. The molecule has 1 fully saturated rings. The maximum absolute atomic E-state index is 11.8. The Balaban J connectivity index is 1.94.